The molecule has 0 aromatic heterocycles. The van der Waals surface area contributed by atoms with E-state index in [1.165, 1.54) is 18.4 Å². The molecule has 14 heavy (non-hydrogen) atoms. The lowest BCUT2D eigenvalue weighted by Gasteiger charge is -2.32. The van der Waals surface area contributed by atoms with Gasteiger partial charge in [-0.15, -0.1) is 0 Å². The van der Waals surface area contributed by atoms with E-state index in [-0.39, 0.29) is 11.5 Å². The largest absolute Gasteiger partial charge is 0.392 e. The van der Waals surface area contributed by atoms with Gasteiger partial charge in [-0.25, -0.2) is 0 Å². The molecule has 1 N–H and O–H groups in total. The highest BCUT2D eigenvalue weighted by Gasteiger charge is 2.39. The minimum atomic E-state index is -0.229. The van der Waals surface area contributed by atoms with Crippen LogP contribution in [0.1, 0.15) is 38.2 Å². The summed E-state index contributed by atoms with van der Waals surface area (Å²) >= 11 is 0. The Morgan fingerprint density at radius 2 is 1.71 bits per heavy atom. The number of aliphatic hydroxyl groups excluding tert-OH is 1. The van der Waals surface area contributed by atoms with Crippen molar-refractivity contribution < 1.29 is 5.11 Å². The first-order chi connectivity index (χ1) is 6.76. The Balaban J connectivity index is 2.36. The molecule has 1 fully saturated rings. The van der Waals surface area contributed by atoms with Crippen molar-refractivity contribution in [3.63, 3.8) is 0 Å². The smallest absolute Gasteiger partial charge is 0.0608 e. The summed E-state index contributed by atoms with van der Waals surface area (Å²) in [5.74, 6) is 0. The zero-order chi connectivity index (χ0) is 10.0. The fourth-order valence-corrected chi connectivity index (χ4v) is 2.72. The molecule has 1 heteroatoms. The molecule has 1 atom stereocenters. The second kappa shape index (κ2) is 3.74. The van der Waals surface area contributed by atoms with Crippen molar-refractivity contribution >= 4 is 0 Å². The molecule has 0 radical (unpaired) electrons. The van der Waals surface area contributed by atoms with E-state index >= 15 is 0 Å². The summed E-state index contributed by atoms with van der Waals surface area (Å²) in [5, 5.41) is 9.96. The van der Waals surface area contributed by atoms with Crippen LogP contribution in [-0.4, -0.2) is 11.2 Å². The minimum absolute atomic E-state index is 0.0429. The molecule has 2 rings (SSSR count). The lowest BCUT2D eigenvalue weighted by molar-refractivity contribution is 0.0994. The van der Waals surface area contributed by atoms with Gasteiger partial charge < -0.3 is 5.11 Å². The van der Waals surface area contributed by atoms with E-state index in [2.05, 4.69) is 24.3 Å². The highest BCUT2D eigenvalue weighted by Crippen LogP contribution is 2.43. The number of rotatable bonds is 2. The Morgan fingerprint density at radius 1 is 1.14 bits per heavy atom. The molecule has 76 valence electrons. The van der Waals surface area contributed by atoms with Gasteiger partial charge in [0.15, 0.2) is 0 Å². The van der Waals surface area contributed by atoms with E-state index in [1.54, 1.807) is 0 Å². The summed E-state index contributed by atoms with van der Waals surface area (Å²) < 4.78 is 0. The molecule has 0 aliphatic heterocycles. The van der Waals surface area contributed by atoms with Crippen LogP contribution in [0.15, 0.2) is 30.3 Å². The summed E-state index contributed by atoms with van der Waals surface area (Å²) in [6, 6.07) is 10.5. The number of hydrogen-bond donors (Lipinski definition) is 1. The second-order valence-electron chi connectivity index (χ2n) is 4.41. The lowest BCUT2D eigenvalue weighted by atomic mass is 9.75. The summed E-state index contributed by atoms with van der Waals surface area (Å²) in [6.45, 7) is 1.93. The molecule has 1 aromatic rings. The van der Waals surface area contributed by atoms with Gasteiger partial charge >= 0.3 is 0 Å². The van der Waals surface area contributed by atoms with Gasteiger partial charge in [-0.3, -0.25) is 0 Å². The Kier molecular flexibility index (Phi) is 2.60. The summed E-state index contributed by atoms with van der Waals surface area (Å²) in [4.78, 5) is 0. The molecule has 1 aromatic carbocycles. The third-order valence-corrected chi connectivity index (χ3v) is 3.64. The van der Waals surface area contributed by atoms with E-state index in [9.17, 15) is 5.11 Å². The van der Waals surface area contributed by atoms with Crippen LogP contribution in [0, 0.1) is 0 Å². The molecule has 0 saturated heterocycles. The first-order valence-corrected chi connectivity index (χ1v) is 5.49. The van der Waals surface area contributed by atoms with Crippen molar-refractivity contribution in [2.45, 2.75) is 44.1 Å². The van der Waals surface area contributed by atoms with E-state index in [0.717, 1.165) is 12.8 Å². The topological polar surface area (TPSA) is 20.2 Å². The van der Waals surface area contributed by atoms with E-state index in [0.29, 0.717) is 0 Å². The summed E-state index contributed by atoms with van der Waals surface area (Å²) in [5.41, 5.74) is 1.36. The van der Waals surface area contributed by atoms with Crippen molar-refractivity contribution in [2.75, 3.05) is 0 Å². The Labute approximate surface area is 85.8 Å². The molecular formula is C13H18O. The number of benzene rings is 1. The molecule has 1 nitrogen and oxygen atoms in total. The van der Waals surface area contributed by atoms with E-state index < -0.39 is 0 Å². The van der Waals surface area contributed by atoms with Crippen LogP contribution in [0.25, 0.3) is 0 Å². The second-order valence-corrected chi connectivity index (χ2v) is 4.41. The third kappa shape index (κ3) is 1.46. The van der Waals surface area contributed by atoms with Gasteiger partial charge in [0.1, 0.15) is 0 Å². The summed E-state index contributed by atoms with van der Waals surface area (Å²) in [6.07, 6.45) is 4.54. The maximum Gasteiger partial charge on any atom is 0.0608 e. The zero-order valence-corrected chi connectivity index (χ0v) is 8.74. The first kappa shape index (κ1) is 9.72. The predicted molar refractivity (Wildman–Crippen MR) is 58.3 cm³/mol. The quantitative estimate of drug-likeness (QED) is 0.760. The molecular weight excluding hydrogens is 172 g/mol. The van der Waals surface area contributed by atoms with Gasteiger partial charge in [0.2, 0.25) is 0 Å². The molecule has 0 unspecified atom stereocenters. The van der Waals surface area contributed by atoms with Crippen molar-refractivity contribution in [2.24, 2.45) is 0 Å². The maximum absolute atomic E-state index is 9.96. The lowest BCUT2D eigenvalue weighted by Crippen LogP contribution is -2.34. The van der Waals surface area contributed by atoms with Crippen LogP contribution in [0.5, 0.6) is 0 Å². The highest BCUT2D eigenvalue weighted by molar-refractivity contribution is 5.28. The normalized spacial score (nSPS) is 22.1. The third-order valence-electron chi connectivity index (χ3n) is 3.64. The Bertz CT molecular complexity index is 283. The minimum Gasteiger partial charge on any atom is -0.392 e. The molecule has 1 aliphatic rings. The average molecular weight is 190 g/mol. The Hall–Kier alpha value is -0.820. The molecule has 0 bridgehead atoms. The maximum atomic E-state index is 9.96. The molecule has 1 aliphatic carbocycles. The molecule has 0 spiro atoms. The van der Waals surface area contributed by atoms with Crippen LogP contribution in [0.4, 0.5) is 0 Å². The van der Waals surface area contributed by atoms with Crippen LogP contribution < -0.4 is 0 Å². The fraction of sp³-hybridized carbons (Fsp3) is 0.538. The van der Waals surface area contributed by atoms with Gasteiger partial charge in [0.05, 0.1) is 6.10 Å². The monoisotopic (exact) mass is 190 g/mol. The van der Waals surface area contributed by atoms with Gasteiger partial charge in [0.25, 0.3) is 0 Å². The predicted octanol–water partition coefficient (Wildman–Crippen LogP) is 2.88. The van der Waals surface area contributed by atoms with Gasteiger partial charge in [-0.05, 0) is 25.3 Å². The van der Waals surface area contributed by atoms with Gasteiger partial charge in [-0.2, -0.15) is 0 Å². The Morgan fingerprint density at radius 3 is 2.21 bits per heavy atom. The first-order valence-electron chi connectivity index (χ1n) is 5.49. The van der Waals surface area contributed by atoms with Gasteiger partial charge in [-0.1, -0.05) is 43.2 Å². The zero-order valence-electron chi connectivity index (χ0n) is 8.74. The van der Waals surface area contributed by atoms with Crippen molar-refractivity contribution in [3.05, 3.63) is 35.9 Å². The molecule has 0 heterocycles. The van der Waals surface area contributed by atoms with Crippen LogP contribution in [0.2, 0.25) is 0 Å². The summed E-state index contributed by atoms with van der Waals surface area (Å²) in [7, 11) is 0. The fourth-order valence-electron chi connectivity index (χ4n) is 2.72. The van der Waals surface area contributed by atoms with Crippen molar-refractivity contribution in [1.29, 1.82) is 0 Å². The van der Waals surface area contributed by atoms with E-state index in [1.807, 2.05) is 13.0 Å². The number of hydrogen-bond acceptors (Lipinski definition) is 1. The van der Waals surface area contributed by atoms with Crippen LogP contribution in [-0.2, 0) is 5.41 Å². The standard InChI is InChI=1S/C13H18O/c1-11(14)13(9-5-6-10-13)12-7-3-2-4-8-12/h2-4,7-8,11,14H,5-6,9-10H2,1H3/t11-/m1/s1. The van der Waals surface area contributed by atoms with Crippen LogP contribution >= 0.6 is 0 Å². The van der Waals surface area contributed by atoms with Gasteiger partial charge in [0, 0.05) is 5.41 Å². The highest BCUT2D eigenvalue weighted by atomic mass is 16.3. The average Bonchev–Trinajstić information content (AvgIpc) is 2.69. The van der Waals surface area contributed by atoms with Crippen LogP contribution in [0.3, 0.4) is 0 Å². The van der Waals surface area contributed by atoms with Crippen molar-refractivity contribution in [3.8, 4) is 0 Å². The number of aliphatic hydroxyl groups is 1. The molecule has 1 saturated carbocycles. The van der Waals surface area contributed by atoms with E-state index in [4.69, 9.17) is 0 Å². The molecule has 0 amide bonds. The SMILES string of the molecule is C[C@@H](O)C1(c2ccccc2)CCCC1. The van der Waals surface area contributed by atoms with Crippen molar-refractivity contribution in [1.82, 2.24) is 0 Å².